The molecule has 0 amide bonds. The van der Waals surface area contributed by atoms with Crippen molar-refractivity contribution < 1.29 is 0 Å². The minimum absolute atomic E-state index is 0.289. The maximum atomic E-state index is 2.40. The molecule has 0 saturated heterocycles. The highest BCUT2D eigenvalue weighted by Gasteiger charge is 2.18. The molecule has 0 radical (unpaired) electrons. The van der Waals surface area contributed by atoms with Gasteiger partial charge in [0, 0.05) is 91.1 Å². The zero-order valence-corrected chi connectivity index (χ0v) is 36.6. The summed E-state index contributed by atoms with van der Waals surface area (Å²) in [5.41, 5.74) is 15.2. The van der Waals surface area contributed by atoms with E-state index in [1.54, 1.807) is 0 Å². The van der Waals surface area contributed by atoms with Crippen LogP contribution in [0.25, 0.3) is 0 Å². The van der Waals surface area contributed by atoms with E-state index in [4.69, 9.17) is 0 Å². The molecule has 0 heterocycles. The van der Waals surface area contributed by atoms with Crippen molar-refractivity contribution in [3.63, 3.8) is 0 Å². The molecule has 302 valence electrons. The van der Waals surface area contributed by atoms with Crippen LogP contribution in [0, 0.1) is 0 Å². The summed E-state index contributed by atoms with van der Waals surface area (Å²) in [7, 11) is 0. The molecule has 0 saturated carbocycles. The molecule has 3 atom stereocenters. The number of hydrogen-bond donors (Lipinski definition) is 0. The van der Waals surface area contributed by atoms with Gasteiger partial charge in [-0.3, -0.25) is 0 Å². The van der Waals surface area contributed by atoms with Gasteiger partial charge in [-0.2, -0.15) is 0 Å². The first-order valence-corrected chi connectivity index (χ1v) is 21.9. The Morgan fingerprint density at radius 3 is 0.569 bits per heavy atom. The number of nitrogens with zero attached hydrogens (tertiary/aromatic N) is 4. The average Bonchev–Trinajstić information content (AvgIpc) is 3.28. The summed E-state index contributed by atoms with van der Waals surface area (Å²) in [4.78, 5) is 9.59. The Bertz CT molecular complexity index is 1860. The summed E-state index contributed by atoms with van der Waals surface area (Å²) < 4.78 is 0. The smallest absolute Gasteiger partial charge is 0.0461 e. The van der Waals surface area contributed by atoms with Crippen molar-refractivity contribution in [1.29, 1.82) is 0 Å². The van der Waals surface area contributed by atoms with Gasteiger partial charge in [0.25, 0.3) is 0 Å². The summed E-state index contributed by atoms with van der Waals surface area (Å²) in [6.45, 7) is 26.3. The standard InChI is InChI=1S/C54H66N4/c1-10-55(11-2)49-28-16-43(17-29-49)40(7)46-22-34-52(35-23-46)58(53-36-24-47(25-37-53)41(8)44-18-30-50(31-19-44)56(12-3)13-4)54-38-26-48(27-39-54)42(9)45-20-32-51(33-21-45)57(14-5)15-6/h16-42H,10-15H2,1-9H3. The fourth-order valence-electron chi connectivity index (χ4n) is 8.45. The van der Waals surface area contributed by atoms with E-state index in [2.05, 4.69) is 228 Å². The lowest BCUT2D eigenvalue weighted by Crippen LogP contribution is -2.21. The maximum Gasteiger partial charge on any atom is 0.0461 e. The Kier molecular flexibility index (Phi) is 14.4. The van der Waals surface area contributed by atoms with E-state index < -0.39 is 0 Å². The number of benzene rings is 6. The fraction of sp³-hybridized carbons (Fsp3) is 0.333. The van der Waals surface area contributed by atoms with Crippen LogP contribution in [0.4, 0.5) is 34.1 Å². The van der Waals surface area contributed by atoms with E-state index in [0.717, 1.165) is 56.3 Å². The minimum atomic E-state index is 0.289. The molecule has 0 bridgehead atoms. The third-order valence-electron chi connectivity index (χ3n) is 12.5. The summed E-state index contributed by atoms with van der Waals surface area (Å²) in [5.74, 6) is 0.867. The van der Waals surface area contributed by atoms with Crippen molar-refractivity contribution in [3.05, 3.63) is 179 Å². The first-order valence-electron chi connectivity index (χ1n) is 21.9. The van der Waals surface area contributed by atoms with Crippen molar-refractivity contribution in [2.75, 3.05) is 58.9 Å². The van der Waals surface area contributed by atoms with E-state index in [-0.39, 0.29) is 17.8 Å². The molecule has 6 aromatic carbocycles. The van der Waals surface area contributed by atoms with Gasteiger partial charge in [-0.15, -0.1) is 0 Å². The molecule has 0 spiro atoms. The Balaban J connectivity index is 1.28. The van der Waals surface area contributed by atoms with Gasteiger partial charge in [-0.05, 0) is 148 Å². The molecule has 3 unspecified atom stereocenters. The van der Waals surface area contributed by atoms with Crippen molar-refractivity contribution in [1.82, 2.24) is 0 Å². The van der Waals surface area contributed by atoms with Gasteiger partial charge in [0.2, 0.25) is 0 Å². The Labute approximate surface area is 350 Å². The molecule has 6 aromatic rings. The monoisotopic (exact) mass is 771 g/mol. The maximum absolute atomic E-state index is 2.40. The van der Waals surface area contributed by atoms with Crippen LogP contribution in [-0.4, -0.2) is 39.3 Å². The first-order chi connectivity index (χ1) is 28.2. The third kappa shape index (κ3) is 9.45. The normalized spacial score (nSPS) is 12.8. The van der Waals surface area contributed by atoms with Gasteiger partial charge in [-0.1, -0.05) is 93.6 Å². The lowest BCUT2D eigenvalue weighted by atomic mass is 9.92. The molecular weight excluding hydrogens is 705 g/mol. The highest BCUT2D eigenvalue weighted by Crippen LogP contribution is 2.38. The van der Waals surface area contributed by atoms with Crippen LogP contribution in [0.3, 0.4) is 0 Å². The molecule has 0 fully saturated rings. The molecule has 4 heteroatoms. The van der Waals surface area contributed by atoms with E-state index in [0.29, 0.717) is 0 Å². The second-order valence-corrected chi connectivity index (χ2v) is 15.6. The predicted molar refractivity (Wildman–Crippen MR) is 254 cm³/mol. The minimum Gasteiger partial charge on any atom is -0.372 e. The highest BCUT2D eigenvalue weighted by atomic mass is 15.1. The summed E-state index contributed by atoms with van der Waals surface area (Å²) in [6.07, 6.45) is 0. The summed E-state index contributed by atoms with van der Waals surface area (Å²) in [5, 5.41) is 0. The molecule has 0 aliphatic rings. The Hall–Kier alpha value is -5.48. The molecule has 0 aromatic heterocycles. The number of anilines is 6. The molecule has 6 rings (SSSR count). The van der Waals surface area contributed by atoms with Gasteiger partial charge in [0.1, 0.15) is 0 Å². The van der Waals surface area contributed by atoms with Crippen LogP contribution in [0.5, 0.6) is 0 Å². The van der Waals surface area contributed by atoms with Gasteiger partial charge in [0.15, 0.2) is 0 Å². The number of hydrogen-bond acceptors (Lipinski definition) is 4. The molecule has 58 heavy (non-hydrogen) atoms. The second kappa shape index (κ2) is 19.8. The van der Waals surface area contributed by atoms with Crippen LogP contribution < -0.4 is 19.6 Å². The van der Waals surface area contributed by atoms with Crippen molar-refractivity contribution in [3.8, 4) is 0 Å². The van der Waals surface area contributed by atoms with Crippen LogP contribution in [-0.2, 0) is 0 Å². The van der Waals surface area contributed by atoms with Gasteiger partial charge in [-0.25, -0.2) is 0 Å². The van der Waals surface area contributed by atoms with Crippen LogP contribution >= 0.6 is 0 Å². The summed E-state index contributed by atoms with van der Waals surface area (Å²) >= 11 is 0. The number of rotatable bonds is 18. The molecule has 4 nitrogen and oxygen atoms in total. The zero-order chi connectivity index (χ0) is 41.2. The Morgan fingerprint density at radius 2 is 0.414 bits per heavy atom. The third-order valence-corrected chi connectivity index (χ3v) is 12.5. The zero-order valence-electron chi connectivity index (χ0n) is 36.6. The van der Waals surface area contributed by atoms with E-state index in [1.807, 2.05) is 0 Å². The van der Waals surface area contributed by atoms with Crippen molar-refractivity contribution in [2.24, 2.45) is 0 Å². The average molecular weight is 771 g/mol. The molecular formula is C54H66N4. The van der Waals surface area contributed by atoms with Crippen LogP contribution in [0.1, 0.15) is 113 Å². The quantitative estimate of drug-likeness (QED) is 0.0863. The second-order valence-electron chi connectivity index (χ2n) is 15.6. The Morgan fingerprint density at radius 1 is 0.259 bits per heavy atom. The van der Waals surface area contributed by atoms with E-state index >= 15 is 0 Å². The largest absolute Gasteiger partial charge is 0.372 e. The van der Waals surface area contributed by atoms with E-state index in [1.165, 1.54) is 50.4 Å². The van der Waals surface area contributed by atoms with Gasteiger partial charge < -0.3 is 19.6 Å². The first kappa shape index (κ1) is 42.1. The highest BCUT2D eigenvalue weighted by molar-refractivity contribution is 5.77. The lowest BCUT2D eigenvalue weighted by Gasteiger charge is -2.27. The predicted octanol–water partition coefficient (Wildman–Crippen LogP) is 14.2. The van der Waals surface area contributed by atoms with Crippen molar-refractivity contribution >= 4 is 34.1 Å². The van der Waals surface area contributed by atoms with Gasteiger partial charge in [0.05, 0.1) is 0 Å². The molecule has 0 aliphatic heterocycles. The molecule has 0 aliphatic carbocycles. The summed E-state index contributed by atoms with van der Waals surface area (Å²) in [6, 6.07) is 55.0. The SMILES string of the molecule is CCN(CC)c1ccc(C(C)c2ccc(N(c3ccc(C(C)c4ccc(N(CC)CC)cc4)cc3)c3ccc(C(C)c4ccc(N(CC)CC)cc4)cc3)cc2)cc1. The molecule has 0 N–H and O–H groups in total. The fourth-order valence-corrected chi connectivity index (χ4v) is 8.45. The topological polar surface area (TPSA) is 13.0 Å². The lowest BCUT2D eigenvalue weighted by molar-refractivity contribution is 0.862. The van der Waals surface area contributed by atoms with E-state index in [9.17, 15) is 0 Å². The van der Waals surface area contributed by atoms with Crippen molar-refractivity contribution in [2.45, 2.75) is 80.1 Å². The van der Waals surface area contributed by atoms with Gasteiger partial charge >= 0.3 is 0 Å². The van der Waals surface area contributed by atoms with Crippen LogP contribution in [0.15, 0.2) is 146 Å². The van der Waals surface area contributed by atoms with Crippen LogP contribution in [0.2, 0.25) is 0 Å².